The Bertz CT molecular complexity index is 697. The number of aromatic hydroxyl groups is 1. The summed E-state index contributed by atoms with van der Waals surface area (Å²) < 4.78 is 2.43. The number of nitrogens with one attached hydrogen (secondary N) is 1. The van der Waals surface area contributed by atoms with E-state index >= 15 is 0 Å². The van der Waals surface area contributed by atoms with Crippen molar-refractivity contribution in [1.82, 2.24) is 9.13 Å². The van der Waals surface area contributed by atoms with Gasteiger partial charge in [0.15, 0.2) is 0 Å². The molecule has 0 amide bonds. The highest BCUT2D eigenvalue weighted by Crippen LogP contribution is 2.25. The third-order valence-electron chi connectivity index (χ3n) is 4.79. The van der Waals surface area contributed by atoms with E-state index in [1.807, 2.05) is 6.92 Å². The molecule has 7 heteroatoms. The van der Waals surface area contributed by atoms with E-state index in [9.17, 15) is 14.7 Å². The first-order valence-electron chi connectivity index (χ1n) is 8.91. The van der Waals surface area contributed by atoms with Gasteiger partial charge in [-0.05, 0) is 19.3 Å². The van der Waals surface area contributed by atoms with Crippen LogP contribution in [0.3, 0.4) is 0 Å². The SMILES string of the molecule is CCCCn1c(O)c(C(=N)N)c(=O)n(C2CCCCCCC2)c1=O. The molecule has 1 aliphatic carbocycles. The summed E-state index contributed by atoms with van der Waals surface area (Å²) >= 11 is 0. The highest BCUT2D eigenvalue weighted by atomic mass is 16.3. The summed E-state index contributed by atoms with van der Waals surface area (Å²) in [5, 5.41) is 17.9. The Morgan fingerprint density at radius 2 is 1.79 bits per heavy atom. The normalized spacial score (nSPS) is 16.5. The zero-order valence-electron chi connectivity index (χ0n) is 14.4. The molecular formula is C17H28N4O3. The maximum Gasteiger partial charge on any atom is 0.334 e. The lowest BCUT2D eigenvalue weighted by Crippen LogP contribution is -2.45. The molecule has 1 aromatic heterocycles. The molecule has 1 aliphatic rings. The quantitative estimate of drug-likeness (QED) is 0.564. The Labute approximate surface area is 141 Å². The Kier molecular flexibility index (Phi) is 6.23. The van der Waals surface area contributed by atoms with Crippen LogP contribution in [-0.4, -0.2) is 20.1 Å². The maximum absolute atomic E-state index is 12.8. The number of nitrogens with two attached hydrogens (primary N) is 1. The van der Waals surface area contributed by atoms with Crippen molar-refractivity contribution in [2.24, 2.45) is 5.73 Å². The van der Waals surface area contributed by atoms with Gasteiger partial charge >= 0.3 is 5.69 Å². The molecule has 24 heavy (non-hydrogen) atoms. The van der Waals surface area contributed by atoms with E-state index in [0.717, 1.165) is 44.9 Å². The summed E-state index contributed by atoms with van der Waals surface area (Å²) in [6.45, 7) is 2.30. The summed E-state index contributed by atoms with van der Waals surface area (Å²) in [4.78, 5) is 25.6. The molecular weight excluding hydrogens is 308 g/mol. The van der Waals surface area contributed by atoms with Gasteiger partial charge in [0.1, 0.15) is 11.4 Å². The third kappa shape index (κ3) is 3.71. The molecule has 0 aromatic carbocycles. The van der Waals surface area contributed by atoms with Crippen LogP contribution in [0, 0.1) is 5.41 Å². The van der Waals surface area contributed by atoms with Gasteiger partial charge in [0.25, 0.3) is 5.56 Å². The first-order chi connectivity index (χ1) is 11.5. The van der Waals surface area contributed by atoms with Crippen molar-refractivity contribution in [2.75, 3.05) is 0 Å². The number of hydrogen-bond donors (Lipinski definition) is 3. The third-order valence-corrected chi connectivity index (χ3v) is 4.79. The van der Waals surface area contributed by atoms with Crippen LogP contribution >= 0.6 is 0 Å². The lowest BCUT2D eigenvalue weighted by molar-refractivity contribution is 0.327. The van der Waals surface area contributed by atoms with Gasteiger partial charge in [0, 0.05) is 12.6 Å². The lowest BCUT2D eigenvalue weighted by Gasteiger charge is -2.23. The second-order valence-corrected chi connectivity index (χ2v) is 6.57. The molecule has 1 heterocycles. The van der Waals surface area contributed by atoms with Crippen LogP contribution < -0.4 is 17.0 Å². The highest BCUT2D eigenvalue weighted by Gasteiger charge is 2.25. The Morgan fingerprint density at radius 3 is 2.33 bits per heavy atom. The van der Waals surface area contributed by atoms with Crippen molar-refractivity contribution >= 4 is 5.84 Å². The number of aromatic nitrogens is 2. The molecule has 0 aliphatic heterocycles. The molecule has 1 saturated carbocycles. The highest BCUT2D eigenvalue weighted by molar-refractivity contribution is 5.96. The lowest BCUT2D eigenvalue weighted by atomic mass is 9.96. The summed E-state index contributed by atoms with van der Waals surface area (Å²) in [6.07, 6.45) is 8.44. The van der Waals surface area contributed by atoms with Gasteiger partial charge in [-0.15, -0.1) is 0 Å². The first-order valence-corrected chi connectivity index (χ1v) is 8.91. The average Bonchev–Trinajstić information content (AvgIpc) is 2.48. The van der Waals surface area contributed by atoms with Crippen molar-refractivity contribution in [3.8, 4) is 5.88 Å². The smallest absolute Gasteiger partial charge is 0.334 e. The van der Waals surface area contributed by atoms with Crippen LogP contribution in [0.15, 0.2) is 9.59 Å². The van der Waals surface area contributed by atoms with Gasteiger partial charge in [-0.2, -0.15) is 0 Å². The fraction of sp³-hybridized carbons (Fsp3) is 0.706. The molecule has 0 radical (unpaired) electrons. The number of amidine groups is 1. The van der Waals surface area contributed by atoms with Gasteiger partial charge in [0.05, 0.1) is 0 Å². The minimum absolute atomic E-state index is 0.183. The summed E-state index contributed by atoms with van der Waals surface area (Å²) in [5.41, 5.74) is 4.13. The molecule has 0 saturated heterocycles. The van der Waals surface area contributed by atoms with Gasteiger partial charge in [-0.3, -0.25) is 19.3 Å². The summed E-state index contributed by atoms with van der Waals surface area (Å²) in [5.74, 6) is -0.976. The number of unbranched alkanes of at least 4 members (excludes halogenated alkanes) is 1. The van der Waals surface area contributed by atoms with Gasteiger partial charge in [0.2, 0.25) is 5.88 Å². The zero-order chi connectivity index (χ0) is 17.7. The van der Waals surface area contributed by atoms with E-state index < -0.39 is 23.0 Å². The average molecular weight is 336 g/mol. The molecule has 1 fully saturated rings. The van der Waals surface area contributed by atoms with Crippen LogP contribution in [0.2, 0.25) is 0 Å². The second-order valence-electron chi connectivity index (χ2n) is 6.57. The maximum atomic E-state index is 12.8. The van der Waals surface area contributed by atoms with Gasteiger partial charge in [-0.25, -0.2) is 4.79 Å². The van der Waals surface area contributed by atoms with E-state index in [1.54, 1.807) is 0 Å². The van der Waals surface area contributed by atoms with Crippen LogP contribution in [0.5, 0.6) is 5.88 Å². The molecule has 0 unspecified atom stereocenters. The predicted molar refractivity (Wildman–Crippen MR) is 93.9 cm³/mol. The van der Waals surface area contributed by atoms with Crippen LogP contribution in [0.4, 0.5) is 0 Å². The molecule has 0 atom stereocenters. The number of nitrogens with zero attached hydrogens (tertiary/aromatic N) is 2. The Balaban J connectivity index is 2.60. The van der Waals surface area contributed by atoms with Crippen LogP contribution in [-0.2, 0) is 6.54 Å². The van der Waals surface area contributed by atoms with Crippen LogP contribution in [0.25, 0.3) is 0 Å². The van der Waals surface area contributed by atoms with Gasteiger partial charge < -0.3 is 10.8 Å². The molecule has 2 rings (SSSR count). The minimum Gasteiger partial charge on any atom is -0.494 e. The second kappa shape index (κ2) is 8.17. The topological polar surface area (TPSA) is 114 Å². The first kappa shape index (κ1) is 18.3. The molecule has 7 nitrogen and oxygen atoms in total. The summed E-state index contributed by atoms with van der Waals surface area (Å²) in [7, 11) is 0. The molecule has 0 bridgehead atoms. The Hall–Kier alpha value is -2.05. The van der Waals surface area contributed by atoms with Crippen molar-refractivity contribution in [2.45, 2.75) is 77.3 Å². The van der Waals surface area contributed by atoms with Crippen molar-refractivity contribution in [1.29, 1.82) is 5.41 Å². The van der Waals surface area contributed by atoms with E-state index in [0.29, 0.717) is 13.0 Å². The molecule has 1 aromatic rings. The summed E-state index contributed by atoms with van der Waals surface area (Å²) in [6, 6.07) is -0.183. The largest absolute Gasteiger partial charge is 0.494 e. The molecule has 0 spiro atoms. The predicted octanol–water partition coefficient (Wildman–Crippen LogP) is 2.09. The fourth-order valence-electron chi connectivity index (χ4n) is 3.43. The molecule has 4 N–H and O–H groups in total. The van der Waals surface area contributed by atoms with Crippen molar-refractivity contribution in [3.63, 3.8) is 0 Å². The van der Waals surface area contributed by atoms with E-state index in [-0.39, 0.29) is 11.6 Å². The molecule has 134 valence electrons. The van der Waals surface area contributed by atoms with Crippen molar-refractivity contribution in [3.05, 3.63) is 26.4 Å². The minimum atomic E-state index is -0.636. The van der Waals surface area contributed by atoms with E-state index in [2.05, 4.69) is 0 Å². The van der Waals surface area contributed by atoms with Gasteiger partial charge in [-0.1, -0.05) is 45.4 Å². The number of hydrogen-bond acceptors (Lipinski definition) is 4. The Morgan fingerprint density at radius 1 is 1.21 bits per heavy atom. The van der Waals surface area contributed by atoms with E-state index in [1.165, 1.54) is 15.6 Å². The van der Waals surface area contributed by atoms with E-state index in [4.69, 9.17) is 11.1 Å². The van der Waals surface area contributed by atoms with Crippen LogP contribution in [0.1, 0.15) is 76.3 Å². The fourth-order valence-corrected chi connectivity index (χ4v) is 3.43. The van der Waals surface area contributed by atoms with Crippen molar-refractivity contribution < 1.29 is 5.11 Å². The number of nitrogen functional groups attached to an aromatic ring is 1. The monoisotopic (exact) mass is 336 g/mol. The standard InChI is InChI=1S/C17H28N4O3/c1-2-3-11-20-15(22)13(14(18)19)16(23)21(17(20)24)12-9-7-5-4-6-8-10-12/h12,22H,2-11H2,1H3,(H3,18,19). The number of rotatable bonds is 5. The zero-order valence-corrected chi connectivity index (χ0v) is 14.4.